The van der Waals surface area contributed by atoms with Crippen molar-refractivity contribution in [1.82, 2.24) is 10.3 Å². The van der Waals surface area contributed by atoms with E-state index in [1.165, 1.54) is 0 Å². The zero-order valence-electron chi connectivity index (χ0n) is 10.8. The van der Waals surface area contributed by atoms with Crippen LogP contribution in [-0.4, -0.2) is 10.9 Å². The van der Waals surface area contributed by atoms with Gasteiger partial charge in [-0.15, -0.1) is 0 Å². The van der Waals surface area contributed by atoms with E-state index in [1.54, 1.807) is 12.4 Å². The number of carbonyl (C=O) groups is 1. The van der Waals surface area contributed by atoms with E-state index in [9.17, 15) is 4.79 Å². The number of hydrogen-bond acceptors (Lipinski definition) is 3. The van der Waals surface area contributed by atoms with E-state index in [1.807, 2.05) is 43.3 Å². The van der Waals surface area contributed by atoms with Gasteiger partial charge in [0.15, 0.2) is 0 Å². The third-order valence-electron chi connectivity index (χ3n) is 3.03. The quantitative estimate of drug-likeness (QED) is 0.873. The fourth-order valence-corrected chi connectivity index (χ4v) is 1.80. The van der Waals surface area contributed by atoms with Crippen molar-refractivity contribution in [2.75, 3.05) is 0 Å². The topological polar surface area (TPSA) is 68.0 Å². The van der Waals surface area contributed by atoms with Crippen LogP contribution in [0.3, 0.4) is 0 Å². The van der Waals surface area contributed by atoms with E-state index in [4.69, 9.17) is 5.73 Å². The van der Waals surface area contributed by atoms with Crippen LogP contribution in [0, 0.1) is 6.92 Å². The SMILES string of the molecule is Cc1cnccc1CNC(=O)[C@@H](N)c1ccccc1. The average molecular weight is 255 g/mol. The Morgan fingerprint density at radius 1 is 1.32 bits per heavy atom. The van der Waals surface area contributed by atoms with Gasteiger partial charge in [0.2, 0.25) is 5.91 Å². The van der Waals surface area contributed by atoms with E-state index in [-0.39, 0.29) is 5.91 Å². The third kappa shape index (κ3) is 3.39. The molecule has 0 aliphatic carbocycles. The molecule has 1 aromatic heterocycles. The Balaban J connectivity index is 1.97. The summed E-state index contributed by atoms with van der Waals surface area (Å²) in [5.74, 6) is -0.178. The molecule has 4 nitrogen and oxygen atoms in total. The maximum absolute atomic E-state index is 12.0. The molecule has 0 radical (unpaired) electrons. The van der Waals surface area contributed by atoms with Crippen LogP contribution >= 0.6 is 0 Å². The van der Waals surface area contributed by atoms with Gasteiger partial charge in [0, 0.05) is 18.9 Å². The molecule has 98 valence electrons. The molecule has 0 aliphatic heterocycles. The number of pyridine rings is 1. The zero-order valence-corrected chi connectivity index (χ0v) is 10.8. The molecule has 1 atom stereocenters. The molecule has 0 saturated heterocycles. The Morgan fingerprint density at radius 3 is 2.74 bits per heavy atom. The van der Waals surface area contributed by atoms with E-state index in [0.29, 0.717) is 6.54 Å². The van der Waals surface area contributed by atoms with Crippen molar-refractivity contribution in [1.29, 1.82) is 0 Å². The number of nitrogens with zero attached hydrogens (tertiary/aromatic N) is 1. The second-order valence-electron chi connectivity index (χ2n) is 4.41. The Bertz CT molecular complexity index is 554. The highest BCUT2D eigenvalue weighted by atomic mass is 16.2. The van der Waals surface area contributed by atoms with Crippen LogP contribution in [0.25, 0.3) is 0 Å². The van der Waals surface area contributed by atoms with Gasteiger partial charge in [-0.3, -0.25) is 9.78 Å². The fraction of sp³-hybridized carbons (Fsp3) is 0.200. The van der Waals surface area contributed by atoms with Crippen LogP contribution < -0.4 is 11.1 Å². The Hall–Kier alpha value is -2.20. The summed E-state index contributed by atoms with van der Waals surface area (Å²) in [4.78, 5) is 16.0. The smallest absolute Gasteiger partial charge is 0.241 e. The van der Waals surface area contributed by atoms with Gasteiger partial charge in [-0.2, -0.15) is 0 Å². The summed E-state index contributed by atoms with van der Waals surface area (Å²) in [7, 11) is 0. The first-order chi connectivity index (χ1) is 9.18. The van der Waals surface area contributed by atoms with Crippen LogP contribution in [0.15, 0.2) is 48.8 Å². The molecule has 19 heavy (non-hydrogen) atoms. The molecule has 0 unspecified atom stereocenters. The number of benzene rings is 1. The monoisotopic (exact) mass is 255 g/mol. The van der Waals surface area contributed by atoms with E-state index in [2.05, 4.69) is 10.3 Å². The number of rotatable bonds is 4. The number of amides is 1. The number of nitrogens with one attached hydrogen (secondary N) is 1. The van der Waals surface area contributed by atoms with Crippen molar-refractivity contribution in [3.05, 3.63) is 65.5 Å². The molecule has 0 saturated carbocycles. The minimum atomic E-state index is -0.636. The second kappa shape index (κ2) is 6.11. The summed E-state index contributed by atoms with van der Waals surface area (Å²) in [5, 5.41) is 2.85. The highest BCUT2D eigenvalue weighted by Gasteiger charge is 2.14. The average Bonchev–Trinajstić information content (AvgIpc) is 2.46. The molecule has 1 amide bonds. The number of aryl methyl sites for hydroxylation is 1. The van der Waals surface area contributed by atoms with Crippen molar-refractivity contribution in [2.24, 2.45) is 5.73 Å². The van der Waals surface area contributed by atoms with E-state index >= 15 is 0 Å². The standard InChI is InChI=1S/C15H17N3O/c1-11-9-17-8-7-13(11)10-18-15(19)14(16)12-5-3-2-4-6-12/h2-9,14H,10,16H2,1H3,(H,18,19)/t14-/m0/s1. The molecule has 0 fully saturated rings. The first kappa shape index (κ1) is 13.2. The second-order valence-corrected chi connectivity index (χ2v) is 4.41. The summed E-state index contributed by atoms with van der Waals surface area (Å²) in [6, 6.07) is 10.6. The minimum absolute atomic E-state index is 0.178. The predicted octanol–water partition coefficient (Wildman–Crippen LogP) is 1.71. The Labute approximate surface area is 112 Å². The molecular weight excluding hydrogens is 238 g/mol. The summed E-state index contributed by atoms with van der Waals surface area (Å²) in [6.45, 7) is 2.43. The lowest BCUT2D eigenvalue weighted by atomic mass is 10.1. The molecule has 1 heterocycles. The zero-order chi connectivity index (χ0) is 13.7. The van der Waals surface area contributed by atoms with Gasteiger partial charge < -0.3 is 11.1 Å². The summed E-state index contributed by atoms with van der Waals surface area (Å²) in [6.07, 6.45) is 3.49. The highest BCUT2D eigenvalue weighted by molar-refractivity contribution is 5.82. The number of nitrogens with two attached hydrogens (primary N) is 1. The molecule has 4 heteroatoms. The van der Waals surface area contributed by atoms with Crippen molar-refractivity contribution in [2.45, 2.75) is 19.5 Å². The van der Waals surface area contributed by atoms with Crippen LogP contribution in [0.1, 0.15) is 22.7 Å². The summed E-state index contributed by atoms with van der Waals surface area (Å²) >= 11 is 0. The van der Waals surface area contributed by atoms with Gasteiger partial charge in [0.1, 0.15) is 6.04 Å². The van der Waals surface area contributed by atoms with Crippen molar-refractivity contribution >= 4 is 5.91 Å². The van der Waals surface area contributed by atoms with E-state index in [0.717, 1.165) is 16.7 Å². The van der Waals surface area contributed by atoms with Crippen molar-refractivity contribution in [3.8, 4) is 0 Å². The first-order valence-electron chi connectivity index (χ1n) is 6.16. The van der Waals surface area contributed by atoms with Crippen LogP contribution in [0.4, 0.5) is 0 Å². The number of carbonyl (C=O) groups excluding carboxylic acids is 1. The molecular formula is C15H17N3O. The lowest BCUT2D eigenvalue weighted by Crippen LogP contribution is -2.33. The Morgan fingerprint density at radius 2 is 2.05 bits per heavy atom. The maximum Gasteiger partial charge on any atom is 0.241 e. The third-order valence-corrected chi connectivity index (χ3v) is 3.03. The largest absolute Gasteiger partial charge is 0.350 e. The highest BCUT2D eigenvalue weighted by Crippen LogP contribution is 2.10. The number of aromatic nitrogens is 1. The predicted molar refractivity (Wildman–Crippen MR) is 74.2 cm³/mol. The summed E-state index contributed by atoms with van der Waals surface area (Å²) < 4.78 is 0. The van der Waals surface area contributed by atoms with Crippen LogP contribution in [-0.2, 0) is 11.3 Å². The van der Waals surface area contributed by atoms with Gasteiger partial charge in [0.05, 0.1) is 0 Å². The van der Waals surface area contributed by atoms with Gasteiger partial charge in [-0.25, -0.2) is 0 Å². The van der Waals surface area contributed by atoms with Gasteiger partial charge in [0.25, 0.3) is 0 Å². The molecule has 2 aromatic rings. The molecule has 1 aromatic carbocycles. The van der Waals surface area contributed by atoms with Crippen LogP contribution in [0.5, 0.6) is 0 Å². The van der Waals surface area contributed by atoms with Gasteiger partial charge in [-0.1, -0.05) is 30.3 Å². The minimum Gasteiger partial charge on any atom is -0.350 e. The van der Waals surface area contributed by atoms with Crippen LogP contribution in [0.2, 0.25) is 0 Å². The van der Waals surface area contributed by atoms with Crippen molar-refractivity contribution in [3.63, 3.8) is 0 Å². The molecule has 0 spiro atoms. The van der Waals surface area contributed by atoms with Gasteiger partial charge in [-0.05, 0) is 29.7 Å². The fourth-order valence-electron chi connectivity index (χ4n) is 1.80. The molecule has 3 N–H and O–H groups in total. The van der Waals surface area contributed by atoms with E-state index < -0.39 is 6.04 Å². The normalized spacial score (nSPS) is 11.9. The van der Waals surface area contributed by atoms with Gasteiger partial charge >= 0.3 is 0 Å². The Kier molecular flexibility index (Phi) is 4.26. The molecule has 2 rings (SSSR count). The maximum atomic E-state index is 12.0. The molecule has 0 aliphatic rings. The van der Waals surface area contributed by atoms with Crippen molar-refractivity contribution < 1.29 is 4.79 Å². The summed E-state index contributed by atoms with van der Waals surface area (Å²) in [5.41, 5.74) is 8.82. The lowest BCUT2D eigenvalue weighted by Gasteiger charge is -2.13. The number of hydrogen-bond donors (Lipinski definition) is 2. The lowest BCUT2D eigenvalue weighted by molar-refractivity contribution is -0.122. The first-order valence-corrected chi connectivity index (χ1v) is 6.16. The molecule has 0 bridgehead atoms.